The highest BCUT2D eigenvalue weighted by Crippen LogP contribution is 2.55. The van der Waals surface area contributed by atoms with Crippen LogP contribution in [0.15, 0.2) is 0 Å². The predicted octanol–water partition coefficient (Wildman–Crippen LogP) is 2.87. The Balaban J connectivity index is 2.22. The second kappa shape index (κ2) is 3.99. The molecule has 2 aliphatic rings. The van der Waals surface area contributed by atoms with Crippen molar-refractivity contribution >= 4 is 0 Å². The van der Waals surface area contributed by atoms with Crippen molar-refractivity contribution in [2.75, 3.05) is 6.61 Å². The zero-order valence-electron chi connectivity index (χ0n) is 10.8. The standard InChI is InChI=1S/C14H26O2/c1-12(2)6-5-9-14(16,10-12)13(11-15)7-3-4-8-13/h15-16H,3-11H2,1-2H3. The molecular weight excluding hydrogens is 200 g/mol. The van der Waals surface area contributed by atoms with E-state index in [2.05, 4.69) is 13.8 Å². The molecule has 94 valence electrons. The molecule has 16 heavy (non-hydrogen) atoms. The summed E-state index contributed by atoms with van der Waals surface area (Å²) in [5.74, 6) is 0. The van der Waals surface area contributed by atoms with Crippen LogP contribution < -0.4 is 0 Å². The summed E-state index contributed by atoms with van der Waals surface area (Å²) in [6.07, 6.45) is 8.42. The first-order chi connectivity index (χ1) is 7.43. The molecule has 0 heterocycles. The summed E-state index contributed by atoms with van der Waals surface area (Å²) in [4.78, 5) is 0. The second-order valence-electron chi connectivity index (χ2n) is 6.87. The maximum Gasteiger partial charge on any atom is 0.0730 e. The average Bonchev–Trinajstić information content (AvgIpc) is 2.65. The Hall–Kier alpha value is -0.0800. The van der Waals surface area contributed by atoms with Gasteiger partial charge in [-0.1, -0.05) is 33.1 Å². The molecule has 0 aromatic heterocycles. The Morgan fingerprint density at radius 1 is 0.938 bits per heavy atom. The maximum atomic E-state index is 11.0. The molecule has 2 saturated carbocycles. The number of hydrogen-bond donors (Lipinski definition) is 2. The molecular formula is C14H26O2. The zero-order chi connectivity index (χ0) is 11.9. The van der Waals surface area contributed by atoms with Crippen LogP contribution in [0.1, 0.15) is 65.2 Å². The van der Waals surface area contributed by atoms with Gasteiger partial charge in [0.1, 0.15) is 0 Å². The van der Waals surface area contributed by atoms with Crippen molar-refractivity contribution in [2.24, 2.45) is 10.8 Å². The summed E-state index contributed by atoms with van der Waals surface area (Å²) < 4.78 is 0. The van der Waals surface area contributed by atoms with E-state index in [1.54, 1.807) is 0 Å². The van der Waals surface area contributed by atoms with Gasteiger partial charge in [-0.2, -0.15) is 0 Å². The molecule has 0 aromatic carbocycles. The van der Waals surface area contributed by atoms with E-state index in [1.165, 1.54) is 19.3 Å². The number of hydrogen-bond acceptors (Lipinski definition) is 2. The second-order valence-corrected chi connectivity index (χ2v) is 6.87. The Labute approximate surface area is 99.1 Å². The molecule has 2 N–H and O–H groups in total. The Kier molecular flexibility index (Phi) is 3.09. The monoisotopic (exact) mass is 226 g/mol. The van der Waals surface area contributed by atoms with Crippen molar-refractivity contribution in [1.82, 2.24) is 0 Å². The predicted molar refractivity (Wildman–Crippen MR) is 65.2 cm³/mol. The molecule has 1 atom stereocenters. The molecule has 2 nitrogen and oxygen atoms in total. The first kappa shape index (κ1) is 12.4. The lowest BCUT2D eigenvalue weighted by Crippen LogP contribution is -2.53. The van der Waals surface area contributed by atoms with Crippen LogP contribution in [0.3, 0.4) is 0 Å². The van der Waals surface area contributed by atoms with Gasteiger partial charge >= 0.3 is 0 Å². The van der Waals surface area contributed by atoms with Gasteiger partial charge in [0.25, 0.3) is 0 Å². The molecule has 0 bridgehead atoms. The Morgan fingerprint density at radius 3 is 2.06 bits per heavy atom. The topological polar surface area (TPSA) is 40.5 Å². The Bertz CT molecular complexity index is 253. The minimum Gasteiger partial charge on any atom is -0.396 e. The van der Waals surface area contributed by atoms with Gasteiger partial charge in [-0.25, -0.2) is 0 Å². The highest BCUT2D eigenvalue weighted by Gasteiger charge is 2.54. The van der Waals surface area contributed by atoms with Crippen LogP contribution in [0.5, 0.6) is 0 Å². The minimum atomic E-state index is -0.611. The lowest BCUT2D eigenvalue weighted by molar-refractivity contribution is -0.150. The lowest BCUT2D eigenvalue weighted by Gasteiger charge is -2.51. The number of aliphatic hydroxyl groups is 2. The summed E-state index contributed by atoms with van der Waals surface area (Å²) in [6, 6.07) is 0. The van der Waals surface area contributed by atoms with E-state index in [-0.39, 0.29) is 17.4 Å². The molecule has 1 unspecified atom stereocenters. The van der Waals surface area contributed by atoms with Crippen molar-refractivity contribution in [3.8, 4) is 0 Å². The van der Waals surface area contributed by atoms with E-state index in [4.69, 9.17) is 0 Å². The summed E-state index contributed by atoms with van der Waals surface area (Å²) in [5, 5.41) is 20.7. The third kappa shape index (κ3) is 1.91. The molecule has 0 aromatic rings. The SMILES string of the molecule is CC1(C)CCCC(O)(C2(CO)CCCC2)C1. The summed E-state index contributed by atoms with van der Waals surface area (Å²) >= 11 is 0. The van der Waals surface area contributed by atoms with E-state index in [0.717, 1.165) is 32.1 Å². The van der Waals surface area contributed by atoms with Crippen LogP contribution in [-0.2, 0) is 0 Å². The highest BCUT2D eigenvalue weighted by molar-refractivity contribution is 5.05. The molecule has 0 radical (unpaired) electrons. The van der Waals surface area contributed by atoms with Crippen LogP contribution in [-0.4, -0.2) is 22.4 Å². The molecule has 0 spiro atoms. The minimum absolute atomic E-state index is 0.166. The molecule has 0 saturated heterocycles. The van der Waals surface area contributed by atoms with Gasteiger partial charge < -0.3 is 10.2 Å². The van der Waals surface area contributed by atoms with Crippen molar-refractivity contribution in [3.63, 3.8) is 0 Å². The molecule has 2 fully saturated rings. The van der Waals surface area contributed by atoms with Crippen LogP contribution in [0, 0.1) is 10.8 Å². The summed E-state index contributed by atoms with van der Waals surface area (Å²) in [5.41, 5.74) is -0.567. The van der Waals surface area contributed by atoms with E-state index < -0.39 is 5.60 Å². The van der Waals surface area contributed by atoms with E-state index in [1.807, 2.05) is 0 Å². The third-order valence-corrected chi connectivity index (χ3v) is 5.07. The van der Waals surface area contributed by atoms with Crippen LogP contribution in [0.25, 0.3) is 0 Å². The number of aliphatic hydroxyl groups excluding tert-OH is 1. The van der Waals surface area contributed by atoms with Gasteiger partial charge in [-0.05, 0) is 37.5 Å². The zero-order valence-corrected chi connectivity index (χ0v) is 10.8. The van der Waals surface area contributed by atoms with Gasteiger partial charge in [0.15, 0.2) is 0 Å². The van der Waals surface area contributed by atoms with Gasteiger partial charge in [-0.15, -0.1) is 0 Å². The van der Waals surface area contributed by atoms with Crippen molar-refractivity contribution in [2.45, 2.75) is 70.8 Å². The average molecular weight is 226 g/mol. The molecule has 0 aliphatic heterocycles. The summed E-state index contributed by atoms with van der Waals surface area (Å²) in [6.45, 7) is 4.66. The maximum absolute atomic E-state index is 11.0. The fraction of sp³-hybridized carbons (Fsp3) is 1.00. The molecule has 2 aliphatic carbocycles. The molecule has 2 heteroatoms. The fourth-order valence-corrected chi connectivity index (χ4v) is 4.10. The van der Waals surface area contributed by atoms with E-state index in [9.17, 15) is 10.2 Å². The van der Waals surface area contributed by atoms with Gasteiger partial charge in [0.05, 0.1) is 12.2 Å². The third-order valence-electron chi connectivity index (χ3n) is 5.07. The Morgan fingerprint density at radius 2 is 1.56 bits per heavy atom. The van der Waals surface area contributed by atoms with Gasteiger partial charge in [-0.3, -0.25) is 0 Å². The largest absolute Gasteiger partial charge is 0.396 e. The van der Waals surface area contributed by atoms with Crippen LogP contribution in [0.4, 0.5) is 0 Å². The quantitative estimate of drug-likeness (QED) is 0.760. The van der Waals surface area contributed by atoms with Crippen LogP contribution in [0.2, 0.25) is 0 Å². The fourth-order valence-electron chi connectivity index (χ4n) is 4.10. The highest BCUT2D eigenvalue weighted by atomic mass is 16.3. The van der Waals surface area contributed by atoms with Crippen molar-refractivity contribution < 1.29 is 10.2 Å². The number of rotatable bonds is 2. The summed E-state index contributed by atoms with van der Waals surface area (Å²) in [7, 11) is 0. The normalized spacial score (nSPS) is 37.5. The van der Waals surface area contributed by atoms with Crippen LogP contribution >= 0.6 is 0 Å². The van der Waals surface area contributed by atoms with Crippen molar-refractivity contribution in [1.29, 1.82) is 0 Å². The molecule has 0 amide bonds. The first-order valence-corrected chi connectivity index (χ1v) is 6.76. The first-order valence-electron chi connectivity index (χ1n) is 6.76. The van der Waals surface area contributed by atoms with Gasteiger partial charge in [0, 0.05) is 5.41 Å². The smallest absolute Gasteiger partial charge is 0.0730 e. The van der Waals surface area contributed by atoms with E-state index >= 15 is 0 Å². The van der Waals surface area contributed by atoms with E-state index in [0.29, 0.717) is 0 Å². The molecule has 2 rings (SSSR count). The van der Waals surface area contributed by atoms with Gasteiger partial charge in [0.2, 0.25) is 0 Å². The van der Waals surface area contributed by atoms with Crippen molar-refractivity contribution in [3.05, 3.63) is 0 Å². The lowest BCUT2D eigenvalue weighted by atomic mass is 9.58.